The van der Waals surface area contributed by atoms with Gasteiger partial charge in [0.1, 0.15) is 48.8 Å². The Morgan fingerprint density at radius 3 is 1.26 bits per heavy atom. The molecule has 14 heteroatoms. The van der Waals surface area contributed by atoms with Crippen LogP contribution >= 0.6 is 0 Å². The third kappa shape index (κ3) is 40.1. The number of unbranched alkanes of at least 4 members (excludes halogenated alkanes) is 14. The van der Waals surface area contributed by atoms with E-state index in [1.807, 2.05) is 6.08 Å². The Kier molecular flexibility index (Phi) is 50.4. The van der Waals surface area contributed by atoms with Crippen molar-refractivity contribution in [2.45, 2.75) is 274 Å². The summed E-state index contributed by atoms with van der Waals surface area (Å²) in [5.41, 5.74) is 0. The summed E-state index contributed by atoms with van der Waals surface area (Å²) < 4.78 is 22.8. The van der Waals surface area contributed by atoms with E-state index in [0.717, 1.165) is 103 Å². The molecule has 12 atom stereocenters. The van der Waals surface area contributed by atoms with Gasteiger partial charge in [0.15, 0.2) is 12.6 Å². The number of carbonyl (C=O) groups is 1. The number of hydrogen-bond acceptors (Lipinski definition) is 13. The van der Waals surface area contributed by atoms with Gasteiger partial charge in [-0.2, -0.15) is 0 Å². The Bertz CT molecular complexity index is 2070. The predicted molar refractivity (Wildman–Crippen MR) is 354 cm³/mol. The Hall–Kier alpha value is -4.39. The molecule has 0 spiro atoms. The van der Waals surface area contributed by atoms with Crippen molar-refractivity contribution < 1.29 is 64.6 Å². The molecular formula is C73H117NO13. The van der Waals surface area contributed by atoms with Crippen LogP contribution in [0.2, 0.25) is 0 Å². The van der Waals surface area contributed by atoms with Crippen molar-refractivity contribution >= 4 is 5.91 Å². The van der Waals surface area contributed by atoms with E-state index < -0.39 is 86.8 Å². The van der Waals surface area contributed by atoms with Crippen molar-refractivity contribution in [3.63, 3.8) is 0 Å². The molecule has 2 rings (SSSR count). The number of rotatable bonds is 51. The van der Waals surface area contributed by atoms with Crippen molar-refractivity contribution in [1.29, 1.82) is 0 Å². The lowest BCUT2D eigenvalue weighted by molar-refractivity contribution is -0.359. The lowest BCUT2D eigenvalue weighted by Crippen LogP contribution is -2.65. The average Bonchev–Trinajstić information content (AvgIpc) is 2.36. The van der Waals surface area contributed by atoms with Crippen molar-refractivity contribution in [2.24, 2.45) is 0 Å². The van der Waals surface area contributed by atoms with Gasteiger partial charge in [0.05, 0.1) is 32.0 Å². The van der Waals surface area contributed by atoms with E-state index in [1.54, 1.807) is 6.08 Å². The molecule has 12 unspecified atom stereocenters. The predicted octanol–water partition coefficient (Wildman–Crippen LogP) is 13.1. The summed E-state index contributed by atoms with van der Waals surface area (Å²) in [6.45, 7) is 2.62. The topological polar surface area (TPSA) is 228 Å². The van der Waals surface area contributed by atoms with Crippen LogP contribution in [0.1, 0.15) is 200 Å². The van der Waals surface area contributed by atoms with Gasteiger partial charge in [0.2, 0.25) is 5.91 Å². The van der Waals surface area contributed by atoms with Crippen molar-refractivity contribution in [2.75, 3.05) is 19.8 Å². The number of allylic oxidation sites excluding steroid dienone is 25. The molecule has 2 aliphatic heterocycles. The largest absolute Gasteiger partial charge is 0.394 e. The van der Waals surface area contributed by atoms with Gasteiger partial charge in [0, 0.05) is 6.42 Å². The molecule has 14 nitrogen and oxygen atoms in total. The lowest BCUT2D eigenvalue weighted by Gasteiger charge is -2.46. The van der Waals surface area contributed by atoms with Crippen LogP contribution in [0.25, 0.3) is 0 Å². The zero-order chi connectivity index (χ0) is 63.1. The lowest BCUT2D eigenvalue weighted by atomic mass is 9.97. The molecule has 0 aliphatic carbocycles. The second-order valence-electron chi connectivity index (χ2n) is 22.5. The summed E-state index contributed by atoms with van der Waals surface area (Å²) in [4.78, 5) is 13.3. The summed E-state index contributed by atoms with van der Waals surface area (Å²) in [5, 5.41) is 87.2. The summed E-state index contributed by atoms with van der Waals surface area (Å²) in [5.74, 6) is -0.288. The number of hydrogen-bond donors (Lipinski definition) is 9. The quantitative estimate of drug-likeness (QED) is 0.0204. The van der Waals surface area contributed by atoms with Crippen LogP contribution < -0.4 is 5.32 Å². The Morgan fingerprint density at radius 1 is 0.425 bits per heavy atom. The monoisotopic (exact) mass is 1220 g/mol. The maximum absolute atomic E-state index is 13.3. The highest BCUT2D eigenvalue weighted by atomic mass is 16.7. The van der Waals surface area contributed by atoms with E-state index in [1.165, 1.54) is 64.2 Å². The Morgan fingerprint density at radius 2 is 0.805 bits per heavy atom. The van der Waals surface area contributed by atoms with E-state index in [0.29, 0.717) is 12.8 Å². The molecule has 9 N–H and O–H groups in total. The first-order chi connectivity index (χ1) is 42.6. The smallest absolute Gasteiger partial charge is 0.220 e. The van der Waals surface area contributed by atoms with Gasteiger partial charge in [0.25, 0.3) is 0 Å². The highest BCUT2D eigenvalue weighted by Gasteiger charge is 2.51. The van der Waals surface area contributed by atoms with Gasteiger partial charge in [-0.3, -0.25) is 4.79 Å². The minimum atomic E-state index is -1.80. The zero-order valence-corrected chi connectivity index (χ0v) is 53.2. The Balaban J connectivity index is 1.71. The van der Waals surface area contributed by atoms with Gasteiger partial charge in [-0.15, -0.1) is 0 Å². The van der Waals surface area contributed by atoms with Gasteiger partial charge in [-0.25, -0.2) is 0 Å². The molecule has 1 amide bonds. The number of aliphatic hydroxyl groups excluding tert-OH is 8. The van der Waals surface area contributed by atoms with Crippen molar-refractivity contribution in [3.8, 4) is 0 Å². The molecule has 0 saturated carbocycles. The van der Waals surface area contributed by atoms with Gasteiger partial charge in [-0.1, -0.05) is 236 Å². The molecule has 492 valence electrons. The number of amides is 1. The van der Waals surface area contributed by atoms with Crippen molar-refractivity contribution in [1.82, 2.24) is 5.32 Å². The first-order valence-corrected chi connectivity index (χ1v) is 33.2. The molecule has 0 bridgehead atoms. The summed E-state index contributed by atoms with van der Waals surface area (Å²) >= 11 is 0. The molecule has 0 aromatic rings. The van der Waals surface area contributed by atoms with E-state index in [-0.39, 0.29) is 18.9 Å². The molecule has 2 aliphatic rings. The van der Waals surface area contributed by atoms with Crippen LogP contribution in [-0.4, -0.2) is 140 Å². The molecule has 0 aromatic carbocycles. The van der Waals surface area contributed by atoms with Crippen LogP contribution in [0.15, 0.2) is 158 Å². The summed E-state index contributed by atoms with van der Waals surface area (Å²) in [6.07, 6.45) is 68.6. The minimum Gasteiger partial charge on any atom is -0.394 e. The van der Waals surface area contributed by atoms with Crippen LogP contribution in [0.5, 0.6) is 0 Å². The molecule has 87 heavy (non-hydrogen) atoms. The first-order valence-electron chi connectivity index (χ1n) is 33.2. The number of carbonyl (C=O) groups excluding carboxylic acids is 1. The zero-order valence-electron chi connectivity index (χ0n) is 53.2. The Labute approximate surface area is 525 Å². The highest BCUT2D eigenvalue weighted by Crippen LogP contribution is 2.30. The van der Waals surface area contributed by atoms with Crippen LogP contribution in [-0.2, 0) is 23.7 Å². The van der Waals surface area contributed by atoms with Crippen LogP contribution in [0, 0.1) is 0 Å². The summed E-state index contributed by atoms with van der Waals surface area (Å²) in [6, 6.07) is -0.962. The molecule has 2 saturated heterocycles. The standard InChI is InChI=1S/C73H117NO13/c1-3-5-7-9-11-13-15-17-19-21-22-23-24-25-26-27-28-29-30-31-32-33-34-35-36-37-38-39-40-41-43-45-47-49-51-53-55-57-65(78)74-61(62(77)56-54-52-50-48-46-44-42-20-18-16-14-12-10-8-6-4-2)60-84-72-70(83)68(81)71(64(59-76)86-72)87-73-69(82)67(80)66(79)63(58-75)85-73/h5,7,11,13,17,19,22-23,25-26,28-29,31-32,34-35,37-38,40-41,45-48,54,56,61-64,66-73,75-77,79-83H,3-4,6,8-10,12,14-16,18,20-21,24,27,30,33,36,39,42-44,49-53,55,57-60H2,1-2H3,(H,74,78)/b7-5-,13-11-,19-17-,23-22-,26-25-,29-28-,32-31-,35-34-,38-37-,41-40-,47-45-,48-46+,56-54+. The van der Waals surface area contributed by atoms with Crippen LogP contribution in [0.3, 0.4) is 0 Å². The fourth-order valence-corrected chi connectivity index (χ4v) is 9.66. The third-order valence-corrected chi connectivity index (χ3v) is 14.9. The maximum atomic E-state index is 13.3. The molecule has 2 fully saturated rings. The fourth-order valence-electron chi connectivity index (χ4n) is 9.66. The third-order valence-electron chi connectivity index (χ3n) is 14.9. The minimum absolute atomic E-state index is 0.222. The maximum Gasteiger partial charge on any atom is 0.220 e. The molecule has 2 heterocycles. The fraction of sp³-hybridized carbons (Fsp3) is 0.630. The first kappa shape index (κ1) is 78.7. The second-order valence-corrected chi connectivity index (χ2v) is 22.5. The SMILES string of the molecule is CC/C=C\C/C=C\C/C=C\C/C=C\C/C=C\C/C=C\C/C=C\C/C=C\C/C=C\C/C=C\C/C=C\CCCCCC(=O)NC(COC1OC(CO)C(OC2OC(CO)C(O)C(O)C2O)C(O)C1O)C(O)/C=C/CC/C=C/CCCCCCCCCCCC. The normalized spacial score (nSPS) is 24.3. The van der Waals surface area contributed by atoms with Crippen molar-refractivity contribution in [3.05, 3.63) is 158 Å². The highest BCUT2D eigenvalue weighted by molar-refractivity contribution is 5.76. The van der Waals surface area contributed by atoms with Crippen LogP contribution in [0.4, 0.5) is 0 Å². The second kappa shape index (κ2) is 55.7. The van der Waals surface area contributed by atoms with Gasteiger partial charge in [-0.05, 0) is 116 Å². The molecule has 0 radical (unpaired) electrons. The molecular weight excluding hydrogens is 1100 g/mol. The van der Waals surface area contributed by atoms with Gasteiger partial charge >= 0.3 is 0 Å². The molecule has 0 aromatic heterocycles. The number of aliphatic hydroxyl groups is 8. The van der Waals surface area contributed by atoms with E-state index in [9.17, 15) is 45.6 Å². The van der Waals surface area contributed by atoms with E-state index >= 15 is 0 Å². The van der Waals surface area contributed by atoms with E-state index in [4.69, 9.17) is 18.9 Å². The average molecular weight is 1220 g/mol. The van der Waals surface area contributed by atoms with Gasteiger partial charge < -0.3 is 65.1 Å². The van der Waals surface area contributed by atoms with E-state index in [2.05, 4.69) is 165 Å². The summed E-state index contributed by atoms with van der Waals surface area (Å²) in [7, 11) is 0. The number of ether oxygens (including phenoxy) is 4. The number of nitrogens with one attached hydrogen (secondary N) is 1.